The molecule has 0 spiro atoms. The number of hydrogen-bond acceptors (Lipinski definition) is 9. The summed E-state index contributed by atoms with van der Waals surface area (Å²) in [4.78, 5) is 23.7. The molecule has 4 unspecified atom stereocenters. The van der Waals surface area contributed by atoms with E-state index in [9.17, 15) is 29.3 Å². The summed E-state index contributed by atoms with van der Waals surface area (Å²) in [6.07, 6.45) is -4.41. The normalized spacial score (nSPS) is 22.4. The van der Waals surface area contributed by atoms with Gasteiger partial charge in [-0.3, -0.25) is 4.79 Å². The van der Waals surface area contributed by atoms with Gasteiger partial charge in [-0.25, -0.2) is 13.9 Å². The predicted molar refractivity (Wildman–Crippen MR) is 103 cm³/mol. The van der Waals surface area contributed by atoms with Gasteiger partial charge >= 0.3 is 5.97 Å². The molecule has 172 valence electrons. The molecule has 32 heavy (non-hydrogen) atoms. The third-order valence-corrected chi connectivity index (χ3v) is 4.75. The number of aliphatic carboxylic acids is 1. The zero-order chi connectivity index (χ0) is 23.4. The summed E-state index contributed by atoms with van der Waals surface area (Å²) in [5, 5.41) is 58.5. The number of nitrogens with one attached hydrogen (secondary N) is 1. The topological polar surface area (TPSA) is 187 Å². The molecule has 1 amide bonds. The van der Waals surface area contributed by atoms with Gasteiger partial charge in [-0.2, -0.15) is 0 Å². The second kappa shape index (κ2) is 9.82. The fourth-order valence-electron chi connectivity index (χ4n) is 3.12. The van der Waals surface area contributed by atoms with Crippen molar-refractivity contribution in [2.24, 2.45) is 0 Å². The third-order valence-electron chi connectivity index (χ3n) is 4.75. The summed E-state index contributed by atoms with van der Waals surface area (Å²) >= 11 is 0. The molecule has 2 heterocycles. The molecule has 6 N–H and O–H groups in total. The Kier molecular flexibility index (Phi) is 7.15. The Morgan fingerprint density at radius 2 is 1.94 bits per heavy atom. The number of nitrogens with zero attached hydrogens (tertiary/aromatic N) is 3. The number of benzene rings is 1. The molecule has 2 aromatic rings. The van der Waals surface area contributed by atoms with Gasteiger partial charge in [-0.15, -0.1) is 5.10 Å². The molecule has 0 radical (unpaired) electrons. The van der Waals surface area contributed by atoms with E-state index in [1.807, 2.05) is 0 Å². The van der Waals surface area contributed by atoms with Crippen LogP contribution < -0.4 is 5.32 Å². The lowest BCUT2D eigenvalue weighted by Gasteiger charge is -2.38. The van der Waals surface area contributed by atoms with Gasteiger partial charge in [0.1, 0.15) is 36.4 Å². The number of amides is 1. The van der Waals surface area contributed by atoms with E-state index >= 15 is 0 Å². The smallest absolute Gasteiger partial charge is 0.370 e. The van der Waals surface area contributed by atoms with Gasteiger partial charge < -0.3 is 35.6 Å². The molecule has 12 nitrogen and oxygen atoms in total. The molecule has 1 aromatic heterocycles. The van der Waals surface area contributed by atoms with E-state index < -0.39 is 60.5 Å². The molecule has 0 aliphatic carbocycles. The molecular formula is C19H21FN4O8. The minimum absolute atomic E-state index is 0.363. The van der Waals surface area contributed by atoms with Gasteiger partial charge in [0.05, 0.1) is 18.8 Å². The molecule has 13 heteroatoms. The lowest BCUT2D eigenvalue weighted by Crippen LogP contribution is -2.60. The molecule has 1 aliphatic heterocycles. The van der Waals surface area contributed by atoms with E-state index in [4.69, 9.17) is 14.9 Å². The number of rotatable bonds is 8. The number of ether oxygens (including phenoxy) is 1. The SMILES string of the molecule is O=C(Cn1cc(-c2ccc(F)cc2)nn1)NC1C(C(O)C(O)CO)OC(C(=O)O)=C[C@H]1O. The molecular weight excluding hydrogens is 431 g/mol. The van der Waals surface area contributed by atoms with Crippen LogP contribution in [0.3, 0.4) is 0 Å². The molecule has 5 atom stereocenters. The summed E-state index contributed by atoms with van der Waals surface area (Å²) in [7, 11) is 0. The number of aliphatic hydroxyl groups excluding tert-OH is 4. The quantitative estimate of drug-likeness (QED) is 0.262. The van der Waals surface area contributed by atoms with Crippen molar-refractivity contribution in [1.82, 2.24) is 20.3 Å². The number of aliphatic hydroxyl groups is 4. The number of carbonyl (C=O) groups excluding carboxylic acids is 1. The van der Waals surface area contributed by atoms with E-state index in [0.717, 1.165) is 6.08 Å². The van der Waals surface area contributed by atoms with E-state index in [1.165, 1.54) is 35.1 Å². The number of aromatic nitrogens is 3. The van der Waals surface area contributed by atoms with Gasteiger partial charge in [0.25, 0.3) is 0 Å². The first kappa shape index (κ1) is 23.3. The van der Waals surface area contributed by atoms with Crippen molar-refractivity contribution in [3.63, 3.8) is 0 Å². The minimum atomic E-state index is -1.82. The number of carboxylic acids is 1. The maximum Gasteiger partial charge on any atom is 0.370 e. The van der Waals surface area contributed by atoms with Gasteiger partial charge in [-0.1, -0.05) is 5.21 Å². The second-order valence-corrected chi connectivity index (χ2v) is 7.05. The Morgan fingerprint density at radius 3 is 2.56 bits per heavy atom. The Labute approximate surface area is 180 Å². The van der Waals surface area contributed by atoms with Crippen LogP contribution in [0.1, 0.15) is 0 Å². The monoisotopic (exact) mass is 452 g/mol. The van der Waals surface area contributed by atoms with Crippen molar-refractivity contribution >= 4 is 11.9 Å². The minimum Gasteiger partial charge on any atom is -0.478 e. The number of carbonyl (C=O) groups is 2. The van der Waals surface area contributed by atoms with Crippen LogP contribution in [0.4, 0.5) is 4.39 Å². The lowest BCUT2D eigenvalue weighted by molar-refractivity contribution is -0.149. The molecule has 3 rings (SSSR count). The largest absolute Gasteiger partial charge is 0.478 e. The first-order chi connectivity index (χ1) is 15.2. The molecule has 0 saturated carbocycles. The fourth-order valence-corrected chi connectivity index (χ4v) is 3.12. The highest BCUT2D eigenvalue weighted by Crippen LogP contribution is 2.23. The van der Waals surface area contributed by atoms with Crippen molar-refractivity contribution in [1.29, 1.82) is 0 Å². The van der Waals surface area contributed by atoms with Crippen LogP contribution in [0, 0.1) is 5.82 Å². The zero-order valence-electron chi connectivity index (χ0n) is 16.4. The molecule has 0 saturated heterocycles. The van der Waals surface area contributed by atoms with Crippen molar-refractivity contribution in [2.75, 3.05) is 6.61 Å². The van der Waals surface area contributed by atoms with Crippen LogP contribution in [-0.2, 0) is 20.9 Å². The summed E-state index contributed by atoms with van der Waals surface area (Å²) in [5.74, 6) is -3.33. The summed E-state index contributed by atoms with van der Waals surface area (Å²) in [5.41, 5.74) is 0.953. The van der Waals surface area contributed by atoms with Crippen molar-refractivity contribution in [3.05, 3.63) is 48.1 Å². The van der Waals surface area contributed by atoms with Crippen LogP contribution in [-0.4, -0.2) is 89.5 Å². The predicted octanol–water partition coefficient (Wildman–Crippen LogP) is -1.99. The van der Waals surface area contributed by atoms with Crippen LogP contribution in [0.15, 0.2) is 42.3 Å². The van der Waals surface area contributed by atoms with Gasteiger partial charge in [0.15, 0.2) is 6.10 Å². The lowest BCUT2D eigenvalue weighted by atomic mass is 9.94. The van der Waals surface area contributed by atoms with E-state index in [-0.39, 0.29) is 6.54 Å². The molecule has 0 fully saturated rings. The molecule has 1 aromatic carbocycles. The van der Waals surface area contributed by atoms with Crippen LogP contribution in [0.2, 0.25) is 0 Å². The van der Waals surface area contributed by atoms with Gasteiger partial charge in [0.2, 0.25) is 11.7 Å². The molecule has 1 aliphatic rings. The average Bonchev–Trinajstić information content (AvgIpc) is 3.22. The first-order valence-corrected chi connectivity index (χ1v) is 9.42. The Hall–Kier alpha value is -3.39. The zero-order valence-corrected chi connectivity index (χ0v) is 16.4. The third kappa shape index (κ3) is 5.26. The number of carboxylic acid groups (broad SMARTS) is 1. The Balaban J connectivity index is 1.73. The first-order valence-electron chi connectivity index (χ1n) is 9.42. The second-order valence-electron chi connectivity index (χ2n) is 7.05. The van der Waals surface area contributed by atoms with Crippen molar-refractivity contribution in [3.8, 4) is 11.3 Å². The van der Waals surface area contributed by atoms with Crippen molar-refractivity contribution in [2.45, 2.75) is 37.0 Å². The summed E-state index contributed by atoms with van der Waals surface area (Å²) < 4.78 is 19.4. The van der Waals surface area contributed by atoms with E-state index in [1.54, 1.807) is 0 Å². The highest BCUT2D eigenvalue weighted by atomic mass is 19.1. The van der Waals surface area contributed by atoms with Crippen LogP contribution in [0.25, 0.3) is 11.3 Å². The summed E-state index contributed by atoms with van der Waals surface area (Å²) in [6, 6.07) is 4.13. The Morgan fingerprint density at radius 1 is 1.25 bits per heavy atom. The highest BCUT2D eigenvalue weighted by molar-refractivity contribution is 5.84. The van der Waals surface area contributed by atoms with Crippen LogP contribution in [0.5, 0.6) is 0 Å². The number of hydrogen-bond donors (Lipinski definition) is 6. The maximum atomic E-state index is 13.1. The van der Waals surface area contributed by atoms with Gasteiger partial charge in [-0.05, 0) is 30.3 Å². The maximum absolute atomic E-state index is 13.1. The average molecular weight is 452 g/mol. The van der Waals surface area contributed by atoms with Gasteiger partial charge in [0, 0.05) is 5.56 Å². The highest BCUT2D eigenvalue weighted by Gasteiger charge is 2.43. The summed E-state index contributed by atoms with van der Waals surface area (Å²) in [6.45, 7) is -1.23. The number of halogens is 1. The van der Waals surface area contributed by atoms with E-state index in [0.29, 0.717) is 11.3 Å². The van der Waals surface area contributed by atoms with Crippen LogP contribution >= 0.6 is 0 Å². The van der Waals surface area contributed by atoms with E-state index in [2.05, 4.69) is 15.6 Å². The standard InChI is InChI=1S/C19H21FN4O8/c20-10-3-1-9(2-4-10)11-6-24(23-22-11)7-15(28)21-16-12(26)5-14(19(30)31)32-18(16)17(29)13(27)8-25/h1-6,12-13,16-18,25-27,29H,7-8H2,(H,21,28)(H,30,31)/t12-,13?,16?,17?,18?/m1/s1. The van der Waals surface area contributed by atoms with Crippen molar-refractivity contribution < 1.29 is 44.2 Å². The Bertz CT molecular complexity index is 995. The molecule has 0 bridgehead atoms. The fraction of sp³-hybridized carbons (Fsp3) is 0.368.